The highest BCUT2D eigenvalue weighted by molar-refractivity contribution is 7.11. The highest BCUT2D eigenvalue weighted by Crippen LogP contribution is 2.16. The molecule has 130 valence electrons. The quantitative estimate of drug-likeness (QED) is 0.593. The van der Waals surface area contributed by atoms with Crippen LogP contribution < -0.4 is 10.6 Å². The van der Waals surface area contributed by atoms with Gasteiger partial charge in [0.2, 0.25) is 0 Å². The maximum Gasteiger partial charge on any atom is 0.191 e. The van der Waals surface area contributed by atoms with Gasteiger partial charge >= 0.3 is 0 Å². The minimum absolute atomic E-state index is 0.629. The molecule has 0 radical (unpaired) electrons. The van der Waals surface area contributed by atoms with Gasteiger partial charge in [0.1, 0.15) is 5.01 Å². The third-order valence-corrected chi connectivity index (χ3v) is 5.45. The largest absolute Gasteiger partial charge is 0.357 e. The van der Waals surface area contributed by atoms with E-state index in [1.165, 1.54) is 30.7 Å². The molecule has 1 aliphatic heterocycles. The summed E-state index contributed by atoms with van der Waals surface area (Å²) in [6, 6.07) is 0.629. The first-order chi connectivity index (χ1) is 11.3. The topological polar surface area (TPSA) is 52.6 Å². The van der Waals surface area contributed by atoms with Crippen LogP contribution in [0.2, 0.25) is 0 Å². The van der Waals surface area contributed by atoms with Gasteiger partial charge in [0.15, 0.2) is 5.96 Å². The summed E-state index contributed by atoms with van der Waals surface area (Å²) in [5.41, 5.74) is 0. The predicted molar refractivity (Wildman–Crippen MR) is 99.2 cm³/mol. The van der Waals surface area contributed by atoms with Crippen LogP contribution in [0, 0.1) is 0 Å². The molecule has 0 spiro atoms. The number of rotatable bonds is 7. The molecule has 1 saturated heterocycles. The van der Waals surface area contributed by atoms with Crippen LogP contribution in [0.5, 0.6) is 0 Å². The fourth-order valence-electron chi connectivity index (χ4n) is 2.99. The van der Waals surface area contributed by atoms with Gasteiger partial charge in [0.05, 0.1) is 6.54 Å². The lowest BCUT2D eigenvalue weighted by Gasteiger charge is -2.35. The molecule has 0 amide bonds. The van der Waals surface area contributed by atoms with Crippen molar-refractivity contribution in [3.63, 3.8) is 0 Å². The van der Waals surface area contributed by atoms with Gasteiger partial charge in [-0.15, -0.1) is 11.3 Å². The van der Waals surface area contributed by atoms with Crippen molar-refractivity contribution in [2.24, 2.45) is 4.99 Å². The average molecular weight is 338 g/mol. The van der Waals surface area contributed by atoms with E-state index in [0.717, 1.165) is 37.0 Å². The van der Waals surface area contributed by atoms with Gasteiger partial charge in [-0.25, -0.2) is 9.98 Å². The minimum atomic E-state index is 0.629. The Hall–Kier alpha value is -1.14. The molecule has 2 rings (SSSR count). The zero-order valence-electron chi connectivity index (χ0n) is 14.8. The molecule has 1 unspecified atom stereocenters. The zero-order chi connectivity index (χ0) is 16.5. The highest BCUT2D eigenvalue weighted by Gasteiger charge is 2.20. The third kappa shape index (κ3) is 5.77. The molecule has 2 N–H and O–H groups in total. The van der Waals surface area contributed by atoms with Gasteiger partial charge in [-0.2, -0.15) is 0 Å². The van der Waals surface area contributed by atoms with Crippen LogP contribution in [0.4, 0.5) is 0 Å². The van der Waals surface area contributed by atoms with Gasteiger partial charge in [0, 0.05) is 30.2 Å². The highest BCUT2D eigenvalue weighted by atomic mass is 32.1. The van der Waals surface area contributed by atoms with Gasteiger partial charge in [-0.1, -0.05) is 20.3 Å². The summed E-state index contributed by atoms with van der Waals surface area (Å²) in [7, 11) is 0. The second kappa shape index (κ2) is 9.88. The fraction of sp³-hybridized carbons (Fsp3) is 0.765. The molecule has 0 saturated carbocycles. The Morgan fingerprint density at radius 3 is 2.91 bits per heavy atom. The molecular weight excluding hydrogens is 306 g/mol. The summed E-state index contributed by atoms with van der Waals surface area (Å²) < 4.78 is 0. The van der Waals surface area contributed by atoms with E-state index in [0.29, 0.717) is 12.6 Å². The summed E-state index contributed by atoms with van der Waals surface area (Å²) in [5, 5.41) is 7.95. The van der Waals surface area contributed by atoms with Crippen LogP contribution in [0.25, 0.3) is 0 Å². The number of likely N-dealkylation sites (N-methyl/N-ethyl adjacent to an activating group) is 1. The molecule has 6 heteroatoms. The number of aromatic nitrogens is 1. The summed E-state index contributed by atoms with van der Waals surface area (Å²) in [6.07, 6.45) is 6.98. The van der Waals surface area contributed by atoms with Crippen molar-refractivity contribution in [3.05, 3.63) is 16.1 Å². The maximum atomic E-state index is 4.69. The van der Waals surface area contributed by atoms with Crippen molar-refractivity contribution in [1.29, 1.82) is 0 Å². The van der Waals surface area contributed by atoms with Crippen LogP contribution in [0.3, 0.4) is 0 Å². The van der Waals surface area contributed by atoms with Crippen LogP contribution in [0.1, 0.15) is 49.9 Å². The number of hydrogen-bond donors (Lipinski definition) is 2. The third-order valence-electron chi connectivity index (χ3n) is 4.33. The molecule has 0 aliphatic carbocycles. The van der Waals surface area contributed by atoms with Crippen molar-refractivity contribution in [2.45, 2.75) is 59.0 Å². The smallest absolute Gasteiger partial charge is 0.191 e. The van der Waals surface area contributed by atoms with Crippen LogP contribution in [-0.4, -0.2) is 48.1 Å². The Morgan fingerprint density at radius 2 is 2.22 bits per heavy atom. The molecule has 0 bridgehead atoms. The van der Waals surface area contributed by atoms with Crippen LogP contribution in [-0.2, 0) is 13.0 Å². The number of aryl methyl sites for hydroxylation is 1. The Balaban J connectivity index is 1.88. The molecule has 5 nitrogen and oxygen atoms in total. The van der Waals surface area contributed by atoms with Gasteiger partial charge in [-0.3, -0.25) is 4.90 Å². The molecular formula is C17H31N5S. The minimum Gasteiger partial charge on any atom is -0.357 e. The Bertz CT molecular complexity index is 485. The molecule has 1 aromatic rings. The molecule has 1 aromatic heterocycles. The maximum absolute atomic E-state index is 4.69. The standard InChI is InChI=1S/C17H31N5S/c1-4-15-12-19-16(23-15)13-21-17(18-5-2)20-11-14-9-7-8-10-22(14)6-3/h12,14H,4-11,13H2,1-3H3,(H2,18,20,21). The van der Waals surface area contributed by atoms with Crippen molar-refractivity contribution in [3.8, 4) is 0 Å². The van der Waals surface area contributed by atoms with Crippen molar-refractivity contribution in [2.75, 3.05) is 26.2 Å². The van der Waals surface area contributed by atoms with Gasteiger partial charge < -0.3 is 10.6 Å². The number of nitrogens with zero attached hydrogens (tertiary/aromatic N) is 3. The van der Waals surface area contributed by atoms with Crippen LogP contribution >= 0.6 is 11.3 Å². The van der Waals surface area contributed by atoms with E-state index in [4.69, 9.17) is 4.99 Å². The molecule has 2 heterocycles. The zero-order valence-corrected chi connectivity index (χ0v) is 15.6. The first-order valence-electron chi connectivity index (χ1n) is 8.96. The molecule has 1 aliphatic rings. The lowest BCUT2D eigenvalue weighted by Crippen LogP contribution is -2.49. The number of thiazole rings is 1. The normalized spacial score (nSPS) is 19.8. The SMILES string of the molecule is CCNC(=NCc1ncc(CC)s1)NCC1CCCCN1CC. The van der Waals surface area contributed by atoms with Gasteiger partial charge in [-0.05, 0) is 39.3 Å². The van der Waals surface area contributed by atoms with E-state index in [-0.39, 0.29) is 0 Å². The summed E-state index contributed by atoms with van der Waals surface area (Å²) in [4.78, 5) is 13.0. The number of aliphatic imine (C=N–C) groups is 1. The lowest BCUT2D eigenvalue weighted by molar-refractivity contribution is 0.157. The van der Waals surface area contributed by atoms with Gasteiger partial charge in [0.25, 0.3) is 0 Å². The lowest BCUT2D eigenvalue weighted by atomic mass is 10.0. The summed E-state index contributed by atoms with van der Waals surface area (Å²) in [5.74, 6) is 0.905. The van der Waals surface area contributed by atoms with E-state index in [1.54, 1.807) is 11.3 Å². The monoisotopic (exact) mass is 337 g/mol. The second-order valence-corrected chi connectivity index (χ2v) is 7.13. The van der Waals surface area contributed by atoms with E-state index in [1.807, 2.05) is 6.20 Å². The predicted octanol–water partition coefficient (Wildman–Crippen LogP) is 2.64. The number of nitrogens with one attached hydrogen (secondary N) is 2. The van der Waals surface area contributed by atoms with E-state index < -0.39 is 0 Å². The summed E-state index contributed by atoms with van der Waals surface area (Å²) >= 11 is 1.76. The molecule has 1 atom stereocenters. The second-order valence-electron chi connectivity index (χ2n) is 5.93. The molecule has 0 aromatic carbocycles. The molecule has 1 fully saturated rings. The molecule has 23 heavy (non-hydrogen) atoms. The van der Waals surface area contributed by atoms with Crippen molar-refractivity contribution >= 4 is 17.3 Å². The van der Waals surface area contributed by atoms with E-state index in [2.05, 4.69) is 41.3 Å². The number of hydrogen-bond acceptors (Lipinski definition) is 4. The Labute approximate surface area is 144 Å². The number of piperidine rings is 1. The van der Waals surface area contributed by atoms with Crippen LogP contribution in [0.15, 0.2) is 11.2 Å². The number of guanidine groups is 1. The Morgan fingerprint density at radius 1 is 1.35 bits per heavy atom. The van der Waals surface area contributed by atoms with E-state index >= 15 is 0 Å². The van der Waals surface area contributed by atoms with E-state index in [9.17, 15) is 0 Å². The number of likely N-dealkylation sites (tertiary alicyclic amines) is 1. The van der Waals surface area contributed by atoms with Crippen molar-refractivity contribution < 1.29 is 0 Å². The average Bonchev–Trinajstić information content (AvgIpc) is 3.05. The van der Waals surface area contributed by atoms with Crippen molar-refractivity contribution in [1.82, 2.24) is 20.5 Å². The Kier molecular flexibility index (Phi) is 7.82. The first-order valence-corrected chi connectivity index (χ1v) is 9.78. The summed E-state index contributed by atoms with van der Waals surface area (Å²) in [6.45, 7) is 11.4. The first kappa shape index (κ1) is 18.2. The fourth-order valence-corrected chi connectivity index (χ4v) is 3.78.